The van der Waals surface area contributed by atoms with Gasteiger partial charge in [-0.25, -0.2) is 14.4 Å². The molecular formula is C59H92N8O19. The van der Waals surface area contributed by atoms with Crippen LogP contribution in [0.15, 0.2) is 48.5 Å². The van der Waals surface area contributed by atoms with Gasteiger partial charge in [-0.3, -0.25) is 34.2 Å². The molecule has 0 saturated carbocycles. The number of likely N-dealkylation sites (N-methyl/N-ethyl adjacent to an activating group) is 4. The van der Waals surface area contributed by atoms with Gasteiger partial charge in [-0.05, 0) is 68.8 Å². The normalized spacial score (nSPS) is 21.8. The van der Waals surface area contributed by atoms with Crippen LogP contribution in [0.5, 0.6) is 5.75 Å². The van der Waals surface area contributed by atoms with Crippen LogP contribution in [0.1, 0.15) is 98.3 Å². The van der Waals surface area contributed by atoms with Crippen molar-refractivity contribution in [3.05, 3.63) is 69.8 Å². The number of hydrogen-bond acceptors (Lipinski definition) is 19. The van der Waals surface area contributed by atoms with Crippen LogP contribution in [0.4, 0.5) is 15.3 Å². The van der Waals surface area contributed by atoms with Crippen molar-refractivity contribution in [3.8, 4) is 5.75 Å². The summed E-state index contributed by atoms with van der Waals surface area (Å²) in [6.07, 6.45) is -12.3. The number of carbonyl (C=O) groups is 7. The second-order valence-corrected chi connectivity index (χ2v) is 23.3. The first kappa shape index (κ1) is 71.7. The highest BCUT2D eigenvalue weighted by atomic mass is 16.7. The average molecular weight is 1220 g/mol. The van der Waals surface area contributed by atoms with Crippen molar-refractivity contribution in [1.29, 1.82) is 0 Å². The lowest BCUT2D eigenvalue weighted by atomic mass is 9.89. The number of nitro benzene ring substituents is 1. The minimum absolute atomic E-state index is 0.00961. The number of aliphatic carboxylic acids is 1. The predicted octanol–water partition coefficient (Wildman–Crippen LogP) is 3.40. The third-order valence-corrected chi connectivity index (χ3v) is 16.2. The summed E-state index contributed by atoms with van der Waals surface area (Å²) in [5, 5.41) is 57.8. The number of nitrogens with one attached hydrogen (secondary N) is 2. The number of hydrogen-bond donors (Lipinski definition) is 6. The number of nitro groups is 1. The van der Waals surface area contributed by atoms with Gasteiger partial charge in [-0.1, -0.05) is 91.3 Å². The SMILES string of the molecule is CC[C@H](C)[C@@H]([C@@H](CC(=O)N1CCC[C@H]1[C@H](OC)[C@@H](C)C(=O)N[C@H](C)[C@@H](OC(=O)N(C)CCN(C)C(=O)OCc1ccc(O[C@@H]2O[C@H](C(=O)O)[C@@H](O)[C@H](O)[C@H]2O)c([N+](=O)[O-])c1)c1ccccc1)OC)N(C)C(=O)[C@@H](NC(=O)[C@H](C(C)C)N(C)C)C(C)C. The fraction of sp³-hybridized carbons (Fsp3) is 0.678. The standard InChI is InChI=1S/C59H92N8O19/c1-16-34(6)46(65(13)55(74)44(32(2)3)61-54(73)45(33(4)5)62(9)10)42(81-14)30-43(68)66-26-20-23-39(66)50(82-15)35(7)53(72)60-36(8)51(38-21-18-17-19-22-38)86-59(78)64(12)28-27-63(11)58(77)83-31-37-24-25-41(40(29-37)67(79)80)84-57-49(71)47(69)48(70)52(85-57)56(75)76/h17-19,21-22,24-25,29,32-36,39,42,44-52,57,69-71H,16,20,23,26-28,30-31H2,1-15H3,(H,60,72)(H,61,73)(H,75,76)/t34-,35+,36+,39-,42+,44-,45-,46-,47-,48-,49+,50+,51+,52-,57+/m0/s1. The van der Waals surface area contributed by atoms with Crippen LogP contribution in [0, 0.1) is 33.8 Å². The number of methoxy groups -OCH3 is 2. The van der Waals surface area contributed by atoms with Gasteiger partial charge in [0.25, 0.3) is 0 Å². The molecular weight excluding hydrogens is 1120 g/mol. The van der Waals surface area contributed by atoms with Gasteiger partial charge in [0.1, 0.15) is 37.1 Å². The highest BCUT2D eigenvalue weighted by Crippen LogP contribution is 2.34. The number of ether oxygens (including phenoxy) is 6. The molecule has 2 fully saturated rings. The molecule has 2 aromatic rings. The monoisotopic (exact) mass is 1220 g/mol. The van der Waals surface area contributed by atoms with Crippen LogP contribution in [-0.2, 0) is 54.3 Å². The van der Waals surface area contributed by atoms with E-state index in [1.54, 1.807) is 61.0 Å². The first-order chi connectivity index (χ1) is 40.4. The molecule has 27 heteroatoms. The lowest BCUT2D eigenvalue weighted by Gasteiger charge is -2.41. The van der Waals surface area contributed by atoms with Gasteiger partial charge in [0.2, 0.25) is 29.9 Å². The van der Waals surface area contributed by atoms with Crippen LogP contribution in [0.2, 0.25) is 0 Å². The molecule has 2 heterocycles. The largest absolute Gasteiger partial charge is 0.479 e. The number of benzene rings is 2. The van der Waals surface area contributed by atoms with Crippen LogP contribution in [0.25, 0.3) is 0 Å². The summed E-state index contributed by atoms with van der Waals surface area (Å²) >= 11 is 0. The molecule has 27 nitrogen and oxygen atoms in total. The van der Waals surface area contributed by atoms with Crippen molar-refractivity contribution < 1.29 is 87.3 Å². The molecule has 15 atom stereocenters. The molecule has 0 aromatic heterocycles. The summed E-state index contributed by atoms with van der Waals surface area (Å²) in [6, 6.07) is 9.04. The molecule has 4 rings (SSSR count). The van der Waals surface area contributed by atoms with E-state index in [-0.39, 0.29) is 60.5 Å². The number of rotatable bonds is 30. The quantitative estimate of drug-likeness (QED) is 0.0482. The van der Waals surface area contributed by atoms with E-state index in [4.69, 9.17) is 28.4 Å². The fourth-order valence-electron chi connectivity index (χ4n) is 11.1. The zero-order chi connectivity index (χ0) is 64.6. The van der Waals surface area contributed by atoms with E-state index >= 15 is 0 Å². The van der Waals surface area contributed by atoms with Gasteiger partial charge in [0, 0.05) is 61.1 Å². The van der Waals surface area contributed by atoms with Gasteiger partial charge in [-0.15, -0.1) is 0 Å². The molecule has 2 aliphatic rings. The van der Waals surface area contributed by atoms with Gasteiger partial charge in [0.15, 0.2) is 11.9 Å². The first-order valence-corrected chi connectivity index (χ1v) is 29.0. The Morgan fingerprint density at radius 1 is 0.814 bits per heavy atom. The lowest BCUT2D eigenvalue weighted by molar-refractivity contribution is -0.387. The van der Waals surface area contributed by atoms with E-state index in [0.29, 0.717) is 31.4 Å². The van der Waals surface area contributed by atoms with Crippen molar-refractivity contribution in [2.24, 2.45) is 23.7 Å². The number of carboxylic acids is 1. The molecule has 2 saturated heterocycles. The highest BCUT2D eigenvalue weighted by Gasteiger charge is 2.49. The number of carboxylic acid groups (broad SMARTS) is 1. The highest BCUT2D eigenvalue weighted by molar-refractivity contribution is 5.90. The second kappa shape index (κ2) is 32.8. The summed E-state index contributed by atoms with van der Waals surface area (Å²) in [7, 11) is 11.2. The number of amides is 6. The van der Waals surface area contributed by atoms with E-state index < -0.39 is 132 Å². The second-order valence-electron chi connectivity index (χ2n) is 23.3. The molecule has 0 aliphatic carbocycles. The van der Waals surface area contributed by atoms with Crippen LogP contribution in [-0.4, -0.2) is 234 Å². The van der Waals surface area contributed by atoms with Crippen LogP contribution in [0.3, 0.4) is 0 Å². The van der Waals surface area contributed by atoms with Gasteiger partial charge in [-0.2, -0.15) is 0 Å². The maximum atomic E-state index is 14.5. The average Bonchev–Trinajstić information content (AvgIpc) is 1.74. The van der Waals surface area contributed by atoms with Crippen molar-refractivity contribution in [2.75, 3.05) is 69.1 Å². The third kappa shape index (κ3) is 18.4. The number of aliphatic hydroxyl groups excluding tert-OH is 3. The summed E-state index contributed by atoms with van der Waals surface area (Å²) in [5.74, 6) is -4.54. The third-order valence-electron chi connectivity index (χ3n) is 16.2. The molecule has 0 bridgehead atoms. The predicted molar refractivity (Wildman–Crippen MR) is 312 cm³/mol. The summed E-state index contributed by atoms with van der Waals surface area (Å²) in [4.78, 5) is 114. The number of carbonyl (C=O) groups excluding carboxylic acids is 6. The van der Waals surface area contributed by atoms with Gasteiger partial charge in [0.05, 0.1) is 53.6 Å². The topological polar surface area (TPSA) is 339 Å². The van der Waals surface area contributed by atoms with Crippen LogP contribution < -0.4 is 15.4 Å². The van der Waals surface area contributed by atoms with Crippen molar-refractivity contribution >= 4 is 47.5 Å². The van der Waals surface area contributed by atoms with Gasteiger partial charge < -0.3 is 79.1 Å². The van der Waals surface area contributed by atoms with Crippen molar-refractivity contribution in [3.63, 3.8) is 0 Å². The van der Waals surface area contributed by atoms with E-state index in [2.05, 4.69) is 10.6 Å². The smallest absolute Gasteiger partial charge is 0.410 e. The Labute approximate surface area is 503 Å². The molecule has 0 unspecified atom stereocenters. The van der Waals surface area contributed by atoms with E-state index in [1.807, 2.05) is 60.5 Å². The molecule has 2 aromatic carbocycles. The minimum atomic E-state index is -2.01. The van der Waals surface area contributed by atoms with E-state index in [0.717, 1.165) is 17.0 Å². The molecule has 6 N–H and O–H groups in total. The zero-order valence-electron chi connectivity index (χ0n) is 52.2. The van der Waals surface area contributed by atoms with Gasteiger partial charge >= 0.3 is 23.8 Å². The molecule has 6 amide bonds. The molecule has 482 valence electrons. The summed E-state index contributed by atoms with van der Waals surface area (Å²) in [6.45, 7) is 14.9. The van der Waals surface area contributed by atoms with E-state index in [1.165, 1.54) is 39.3 Å². The minimum Gasteiger partial charge on any atom is -0.479 e. The Balaban J connectivity index is 1.39. The summed E-state index contributed by atoms with van der Waals surface area (Å²) in [5.41, 5.74) is 0.0170. The Hall–Kier alpha value is -6.75. The lowest BCUT2D eigenvalue weighted by Crippen LogP contribution is -2.61. The summed E-state index contributed by atoms with van der Waals surface area (Å²) < 4.78 is 34.0. The Morgan fingerprint density at radius 3 is 1.99 bits per heavy atom. The number of likely N-dealkylation sites (tertiary alicyclic amines) is 1. The molecule has 0 radical (unpaired) electrons. The molecule has 86 heavy (non-hydrogen) atoms. The first-order valence-electron chi connectivity index (χ1n) is 29.0. The molecule has 2 aliphatic heterocycles. The maximum Gasteiger partial charge on any atom is 0.410 e. The number of nitrogens with zero attached hydrogens (tertiary/aromatic N) is 6. The maximum absolute atomic E-state index is 14.5. The molecule has 0 spiro atoms. The van der Waals surface area contributed by atoms with E-state index in [9.17, 15) is 64.1 Å². The Bertz CT molecular complexity index is 2590. The number of aliphatic hydroxyl groups is 3. The van der Waals surface area contributed by atoms with Crippen molar-refractivity contribution in [2.45, 2.75) is 167 Å². The van der Waals surface area contributed by atoms with Crippen molar-refractivity contribution in [1.82, 2.24) is 35.1 Å². The van der Waals surface area contributed by atoms with Crippen LogP contribution >= 0.6 is 0 Å². The fourth-order valence-corrected chi connectivity index (χ4v) is 11.1. The zero-order valence-corrected chi connectivity index (χ0v) is 52.2. The Kier molecular flexibility index (Phi) is 27.4. The Morgan fingerprint density at radius 2 is 1.44 bits per heavy atom.